The number of aromatic amines is 1. The molecule has 2 rings (SSSR count). The van der Waals surface area contributed by atoms with E-state index in [1.807, 2.05) is 5.32 Å². The number of carboxylic acid groups (broad SMARTS) is 1. The molecule has 90 valence electrons. The molecule has 1 aromatic carbocycles. The maximum Gasteiger partial charge on any atom is 0.405 e. The Balaban J connectivity index is 2.34. The van der Waals surface area contributed by atoms with E-state index >= 15 is 0 Å². The van der Waals surface area contributed by atoms with Crippen molar-refractivity contribution in [3.05, 3.63) is 24.5 Å². The van der Waals surface area contributed by atoms with E-state index in [9.17, 15) is 13.2 Å². The van der Waals surface area contributed by atoms with E-state index in [-0.39, 0.29) is 4.90 Å². The van der Waals surface area contributed by atoms with Crippen LogP contribution < -0.4 is 5.32 Å². The summed E-state index contributed by atoms with van der Waals surface area (Å²) in [6.07, 6.45) is 0.0748. The molecule has 0 spiro atoms. The topological polar surface area (TPSA) is 112 Å². The molecule has 7 nitrogen and oxygen atoms in total. The van der Waals surface area contributed by atoms with Crippen molar-refractivity contribution < 1.29 is 18.3 Å². The first-order valence-electron chi connectivity index (χ1n) is 4.62. The lowest BCUT2D eigenvalue weighted by molar-refractivity contribution is 0.196. The molecule has 3 N–H and O–H groups in total. The fourth-order valence-electron chi connectivity index (χ4n) is 1.35. The van der Waals surface area contributed by atoms with E-state index in [0.29, 0.717) is 5.52 Å². The molecule has 0 atom stereocenters. The van der Waals surface area contributed by atoms with Gasteiger partial charge in [0.15, 0.2) is 9.84 Å². The Morgan fingerprint density at radius 3 is 2.94 bits per heavy atom. The van der Waals surface area contributed by atoms with E-state index in [1.54, 1.807) is 6.07 Å². The molecule has 1 heterocycles. The van der Waals surface area contributed by atoms with E-state index in [4.69, 9.17) is 5.11 Å². The van der Waals surface area contributed by atoms with Crippen molar-refractivity contribution in [2.24, 2.45) is 0 Å². The highest BCUT2D eigenvalue weighted by molar-refractivity contribution is 7.91. The van der Waals surface area contributed by atoms with Gasteiger partial charge in [0, 0.05) is 0 Å². The number of aromatic nitrogens is 2. The Bertz CT molecular complexity index is 662. The second kappa shape index (κ2) is 4.06. The van der Waals surface area contributed by atoms with Gasteiger partial charge in [0.25, 0.3) is 0 Å². The van der Waals surface area contributed by atoms with Crippen LogP contribution >= 0.6 is 0 Å². The summed E-state index contributed by atoms with van der Waals surface area (Å²) in [5, 5.41) is 10.2. The van der Waals surface area contributed by atoms with Crippen LogP contribution in [0.5, 0.6) is 0 Å². The average molecular weight is 255 g/mol. The Morgan fingerprint density at radius 1 is 1.47 bits per heavy atom. The van der Waals surface area contributed by atoms with Crippen molar-refractivity contribution in [1.29, 1.82) is 0 Å². The molecule has 1 aromatic heterocycles. The van der Waals surface area contributed by atoms with Gasteiger partial charge in [-0.1, -0.05) is 0 Å². The molecule has 2 aromatic rings. The van der Waals surface area contributed by atoms with Crippen molar-refractivity contribution in [2.45, 2.75) is 4.90 Å². The molecule has 0 fully saturated rings. The van der Waals surface area contributed by atoms with Gasteiger partial charge >= 0.3 is 6.09 Å². The van der Waals surface area contributed by atoms with Crippen LogP contribution in [-0.4, -0.2) is 35.5 Å². The molecule has 0 aliphatic carbocycles. The normalized spacial score (nSPS) is 11.5. The largest absolute Gasteiger partial charge is 0.465 e. The number of nitrogens with zero attached hydrogens (tertiary/aromatic N) is 1. The SMILES string of the molecule is O=C(O)NCS(=O)(=O)c1ccc2[nH]cnc2c1. The summed E-state index contributed by atoms with van der Waals surface area (Å²) in [7, 11) is -3.67. The fraction of sp³-hybridized carbons (Fsp3) is 0.111. The molecular formula is C9H9N3O4S. The van der Waals surface area contributed by atoms with E-state index < -0.39 is 21.8 Å². The Labute approximate surface area is 96.4 Å². The summed E-state index contributed by atoms with van der Waals surface area (Å²) in [5.41, 5.74) is 1.23. The van der Waals surface area contributed by atoms with Crippen molar-refractivity contribution >= 4 is 27.0 Å². The molecule has 8 heteroatoms. The van der Waals surface area contributed by atoms with Crippen molar-refractivity contribution in [2.75, 3.05) is 5.88 Å². The van der Waals surface area contributed by atoms with Crippen LogP contribution in [-0.2, 0) is 9.84 Å². The minimum Gasteiger partial charge on any atom is -0.465 e. The second-order valence-corrected chi connectivity index (χ2v) is 5.31. The molecule has 0 radical (unpaired) electrons. The minimum absolute atomic E-state index is 0.0332. The van der Waals surface area contributed by atoms with Gasteiger partial charge in [0.05, 0.1) is 22.3 Å². The van der Waals surface area contributed by atoms with Gasteiger partial charge in [-0.2, -0.15) is 0 Å². The Morgan fingerprint density at radius 2 is 2.24 bits per heavy atom. The number of H-pyrrole nitrogens is 1. The summed E-state index contributed by atoms with van der Waals surface area (Å²) in [6.45, 7) is 0. The number of fused-ring (bicyclic) bond motifs is 1. The van der Waals surface area contributed by atoms with Gasteiger partial charge < -0.3 is 15.4 Å². The van der Waals surface area contributed by atoms with E-state index in [2.05, 4.69) is 9.97 Å². The second-order valence-electron chi connectivity index (χ2n) is 3.32. The zero-order valence-electron chi connectivity index (χ0n) is 8.54. The molecule has 0 saturated heterocycles. The number of imidazole rings is 1. The van der Waals surface area contributed by atoms with Crippen molar-refractivity contribution in [3.8, 4) is 0 Å². The first-order valence-corrected chi connectivity index (χ1v) is 6.27. The van der Waals surface area contributed by atoms with Gasteiger partial charge in [-0.15, -0.1) is 0 Å². The highest BCUT2D eigenvalue weighted by Crippen LogP contribution is 2.16. The van der Waals surface area contributed by atoms with Gasteiger partial charge in [0.2, 0.25) is 0 Å². The number of carbonyl (C=O) groups is 1. The molecule has 0 unspecified atom stereocenters. The van der Waals surface area contributed by atoms with Crippen LogP contribution in [0.2, 0.25) is 0 Å². The molecule has 0 aliphatic rings. The number of rotatable bonds is 3. The van der Waals surface area contributed by atoms with Crippen LogP contribution in [0.25, 0.3) is 11.0 Å². The average Bonchev–Trinajstić information content (AvgIpc) is 2.73. The summed E-state index contributed by atoms with van der Waals surface area (Å²) in [5.74, 6) is -0.655. The Kier molecular flexibility index (Phi) is 2.72. The van der Waals surface area contributed by atoms with Gasteiger partial charge in [-0.3, -0.25) is 0 Å². The smallest absolute Gasteiger partial charge is 0.405 e. The molecule has 0 bridgehead atoms. The molecule has 17 heavy (non-hydrogen) atoms. The van der Waals surface area contributed by atoms with Crippen molar-refractivity contribution in [1.82, 2.24) is 15.3 Å². The summed E-state index contributed by atoms with van der Waals surface area (Å²) in [4.78, 5) is 17.1. The monoisotopic (exact) mass is 255 g/mol. The molecular weight excluding hydrogens is 246 g/mol. The fourth-order valence-corrected chi connectivity index (χ4v) is 2.39. The first kappa shape index (κ1) is 11.4. The first-order chi connectivity index (χ1) is 7.99. The van der Waals surface area contributed by atoms with Crippen LogP contribution in [0.1, 0.15) is 0 Å². The lowest BCUT2D eigenvalue weighted by Crippen LogP contribution is -2.27. The maximum atomic E-state index is 11.7. The van der Waals surface area contributed by atoms with Gasteiger partial charge in [-0.05, 0) is 18.2 Å². The zero-order chi connectivity index (χ0) is 12.5. The van der Waals surface area contributed by atoms with E-state index in [1.165, 1.54) is 18.5 Å². The third kappa shape index (κ3) is 2.36. The third-order valence-electron chi connectivity index (χ3n) is 2.17. The number of nitrogens with one attached hydrogen (secondary N) is 2. The highest BCUT2D eigenvalue weighted by atomic mass is 32.2. The summed E-state index contributed by atoms with van der Waals surface area (Å²) in [6, 6.07) is 4.38. The van der Waals surface area contributed by atoms with Crippen LogP contribution in [0.3, 0.4) is 0 Å². The lowest BCUT2D eigenvalue weighted by atomic mass is 10.3. The maximum absolute atomic E-state index is 11.7. The van der Waals surface area contributed by atoms with Crippen LogP contribution in [0, 0.1) is 0 Å². The van der Waals surface area contributed by atoms with Gasteiger partial charge in [0.1, 0.15) is 5.88 Å². The Hall–Kier alpha value is -2.09. The lowest BCUT2D eigenvalue weighted by Gasteiger charge is -2.03. The zero-order valence-corrected chi connectivity index (χ0v) is 9.36. The predicted octanol–water partition coefficient (Wildman–Crippen LogP) is 0.562. The van der Waals surface area contributed by atoms with E-state index in [0.717, 1.165) is 5.52 Å². The highest BCUT2D eigenvalue weighted by Gasteiger charge is 2.16. The number of benzene rings is 1. The number of sulfone groups is 1. The van der Waals surface area contributed by atoms with Crippen molar-refractivity contribution in [3.63, 3.8) is 0 Å². The predicted molar refractivity (Wildman–Crippen MR) is 59.3 cm³/mol. The molecule has 0 aliphatic heterocycles. The number of hydrogen-bond acceptors (Lipinski definition) is 4. The van der Waals surface area contributed by atoms with Crippen LogP contribution in [0.15, 0.2) is 29.4 Å². The number of amides is 1. The summed E-state index contributed by atoms with van der Waals surface area (Å²) >= 11 is 0. The minimum atomic E-state index is -3.67. The molecule has 1 amide bonds. The summed E-state index contributed by atoms with van der Waals surface area (Å²) < 4.78 is 23.5. The number of hydrogen-bond donors (Lipinski definition) is 3. The molecule has 0 saturated carbocycles. The quantitative estimate of drug-likeness (QED) is 0.741. The standard InChI is InChI=1S/C9H9N3O4S/c13-9(14)12-5-17(15,16)6-1-2-7-8(3-6)11-4-10-7/h1-4,12H,5H2,(H,10,11)(H,13,14). The third-order valence-corrected chi connectivity index (χ3v) is 3.66. The van der Waals surface area contributed by atoms with Gasteiger partial charge in [-0.25, -0.2) is 18.2 Å². The van der Waals surface area contributed by atoms with Crippen LogP contribution in [0.4, 0.5) is 4.79 Å².